The summed E-state index contributed by atoms with van der Waals surface area (Å²) in [7, 11) is 0. The van der Waals surface area contributed by atoms with E-state index in [-0.39, 0.29) is 18.6 Å². The molecule has 0 atom stereocenters. The van der Waals surface area contributed by atoms with Crippen molar-refractivity contribution >= 4 is 5.91 Å². The average Bonchev–Trinajstić information content (AvgIpc) is 2.52. The van der Waals surface area contributed by atoms with Crippen LogP contribution in [0.15, 0.2) is 0 Å². The average molecular weight is 296 g/mol. The Morgan fingerprint density at radius 2 is 2.05 bits per heavy atom. The fraction of sp³-hybridized carbons (Fsp3) is 0.812. The van der Waals surface area contributed by atoms with Crippen molar-refractivity contribution in [2.75, 3.05) is 32.8 Å². The molecule has 0 aromatic heterocycles. The normalized spacial score (nSPS) is 17.4. The van der Waals surface area contributed by atoms with Crippen molar-refractivity contribution in [3.05, 3.63) is 0 Å². The van der Waals surface area contributed by atoms with Crippen molar-refractivity contribution < 1.29 is 14.6 Å². The summed E-state index contributed by atoms with van der Waals surface area (Å²) in [5.41, 5.74) is -0.514. The number of ether oxygens (including phenoxy) is 1. The number of rotatable bonds is 8. The Hall–Kier alpha value is -1.09. The quantitative estimate of drug-likeness (QED) is 0.650. The zero-order valence-corrected chi connectivity index (χ0v) is 13.2. The maximum Gasteiger partial charge on any atom is 0.235 e. The number of hydrogen-bond donors (Lipinski definition) is 2. The van der Waals surface area contributed by atoms with Crippen molar-refractivity contribution in [1.82, 2.24) is 10.2 Å². The molecule has 1 aliphatic rings. The van der Waals surface area contributed by atoms with E-state index in [0.29, 0.717) is 13.2 Å². The maximum atomic E-state index is 12.1. The number of nitrogens with zero attached hydrogens (tertiary/aromatic N) is 1. The standard InChI is InChI=1S/C16H28N2O3/c1-4-16(5-2,6-3)17-15(20)13-18-9-7-14(8-10-18)21-12-11-19/h1,14,19H,5-13H2,2-3H3,(H,17,20). The molecule has 1 fully saturated rings. The van der Waals surface area contributed by atoms with Gasteiger partial charge in [0.05, 0.1) is 25.9 Å². The Kier molecular flexibility index (Phi) is 7.73. The molecule has 21 heavy (non-hydrogen) atoms. The second-order valence-corrected chi connectivity index (χ2v) is 5.55. The Labute approximate surface area is 128 Å². The Bertz CT molecular complexity index is 353. The topological polar surface area (TPSA) is 61.8 Å². The molecule has 0 bridgehead atoms. The highest BCUT2D eigenvalue weighted by atomic mass is 16.5. The highest BCUT2D eigenvalue weighted by molar-refractivity contribution is 5.79. The van der Waals surface area contributed by atoms with Crippen molar-refractivity contribution in [2.45, 2.75) is 51.2 Å². The van der Waals surface area contributed by atoms with Gasteiger partial charge in [-0.3, -0.25) is 9.69 Å². The minimum Gasteiger partial charge on any atom is -0.394 e. The van der Waals surface area contributed by atoms with E-state index in [1.54, 1.807) is 0 Å². The van der Waals surface area contributed by atoms with Gasteiger partial charge in [0.15, 0.2) is 0 Å². The van der Waals surface area contributed by atoms with E-state index in [4.69, 9.17) is 16.3 Å². The number of aliphatic hydroxyl groups excluding tert-OH is 1. The molecule has 5 heteroatoms. The lowest BCUT2D eigenvalue weighted by Crippen LogP contribution is -2.51. The molecule has 2 N–H and O–H groups in total. The molecule has 0 aromatic carbocycles. The number of likely N-dealkylation sites (tertiary alicyclic amines) is 1. The van der Waals surface area contributed by atoms with Crippen molar-refractivity contribution in [3.8, 4) is 12.3 Å². The first-order chi connectivity index (χ1) is 10.1. The Balaban J connectivity index is 2.35. The number of carbonyl (C=O) groups excluding carboxylic acids is 1. The van der Waals surface area contributed by atoms with Gasteiger partial charge >= 0.3 is 0 Å². The first-order valence-corrected chi connectivity index (χ1v) is 7.82. The molecule has 1 rings (SSSR count). The van der Waals surface area contributed by atoms with Crippen molar-refractivity contribution in [2.24, 2.45) is 0 Å². The number of nitrogens with one attached hydrogen (secondary N) is 1. The third-order valence-corrected chi connectivity index (χ3v) is 4.21. The molecule has 0 spiro atoms. The van der Waals surface area contributed by atoms with Gasteiger partial charge in [0.2, 0.25) is 5.91 Å². The summed E-state index contributed by atoms with van der Waals surface area (Å²) >= 11 is 0. The van der Waals surface area contributed by atoms with Gasteiger partial charge in [0.1, 0.15) is 5.54 Å². The van der Waals surface area contributed by atoms with E-state index in [1.807, 2.05) is 13.8 Å². The second kappa shape index (κ2) is 9.04. The smallest absolute Gasteiger partial charge is 0.235 e. The van der Waals surface area contributed by atoms with Crippen LogP contribution in [0.5, 0.6) is 0 Å². The monoisotopic (exact) mass is 296 g/mol. The summed E-state index contributed by atoms with van der Waals surface area (Å²) in [4.78, 5) is 14.3. The van der Waals surface area contributed by atoms with Gasteiger partial charge < -0.3 is 15.2 Å². The van der Waals surface area contributed by atoms with E-state index in [2.05, 4.69) is 16.1 Å². The molecule has 1 saturated heterocycles. The molecule has 1 amide bonds. The van der Waals surface area contributed by atoms with Crippen LogP contribution in [-0.2, 0) is 9.53 Å². The minimum atomic E-state index is -0.514. The van der Waals surface area contributed by atoms with Gasteiger partial charge in [-0.15, -0.1) is 6.42 Å². The zero-order valence-electron chi connectivity index (χ0n) is 13.2. The van der Waals surface area contributed by atoms with Crippen LogP contribution in [0.2, 0.25) is 0 Å². The largest absolute Gasteiger partial charge is 0.394 e. The lowest BCUT2D eigenvalue weighted by atomic mass is 9.94. The minimum absolute atomic E-state index is 0.00798. The molecule has 0 aliphatic carbocycles. The summed E-state index contributed by atoms with van der Waals surface area (Å²) < 4.78 is 5.51. The fourth-order valence-corrected chi connectivity index (χ4v) is 2.63. The highest BCUT2D eigenvalue weighted by Gasteiger charge is 2.27. The number of carbonyl (C=O) groups is 1. The van der Waals surface area contributed by atoms with Crippen LogP contribution in [0.25, 0.3) is 0 Å². The lowest BCUT2D eigenvalue weighted by molar-refractivity contribution is -0.124. The summed E-state index contributed by atoms with van der Waals surface area (Å²) in [5.74, 6) is 2.71. The van der Waals surface area contributed by atoms with E-state index in [1.165, 1.54) is 0 Å². The van der Waals surface area contributed by atoms with Gasteiger partial charge in [0, 0.05) is 13.1 Å². The van der Waals surface area contributed by atoms with E-state index in [0.717, 1.165) is 38.8 Å². The van der Waals surface area contributed by atoms with Gasteiger partial charge in [-0.25, -0.2) is 0 Å². The third-order valence-electron chi connectivity index (χ3n) is 4.21. The fourth-order valence-electron chi connectivity index (χ4n) is 2.63. The number of piperidine rings is 1. The van der Waals surface area contributed by atoms with Crippen LogP contribution >= 0.6 is 0 Å². The van der Waals surface area contributed by atoms with Crippen LogP contribution in [-0.4, -0.2) is 60.4 Å². The van der Waals surface area contributed by atoms with Gasteiger partial charge in [-0.1, -0.05) is 19.8 Å². The number of aliphatic hydroxyl groups is 1. The molecule has 0 aromatic rings. The van der Waals surface area contributed by atoms with Gasteiger partial charge in [-0.2, -0.15) is 0 Å². The molecule has 5 nitrogen and oxygen atoms in total. The molecular weight excluding hydrogens is 268 g/mol. The van der Waals surface area contributed by atoms with Crippen LogP contribution in [0, 0.1) is 12.3 Å². The molecule has 0 saturated carbocycles. The predicted octanol–water partition coefficient (Wildman–Crippen LogP) is 0.768. The number of hydrogen-bond acceptors (Lipinski definition) is 4. The highest BCUT2D eigenvalue weighted by Crippen LogP contribution is 2.15. The zero-order chi connectivity index (χ0) is 15.7. The third kappa shape index (κ3) is 5.66. The second-order valence-electron chi connectivity index (χ2n) is 5.55. The molecule has 1 heterocycles. The van der Waals surface area contributed by atoms with Crippen LogP contribution in [0.1, 0.15) is 39.5 Å². The summed E-state index contributed by atoms with van der Waals surface area (Å²) in [6, 6.07) is 0. The van der Waals surface area contributed by atoms with E-state index in [9.17, 15) is 4.79 Å². The van der Waals surface area contributed by atoms with Gasteiger partial charge in [0.25, 0.3) is 0 Å². The van der Waals surface area contributed by atoms with Crippen LogP contribution < -0.4 is 5.32 Å². The Morgan fingerprint density at radius 3 is 2.52 bits per heavy atom. The van der Waals surface area contributed by atoms with Crippen molar-refractivity contribution in [1.29, 1.82) is 0 Å². The van der Waals surface area contributed by atoms with Crippen molar-refractivity contribution in [3.63, 3.8) is 0 Å². The van der Waals surface area contributed by atoms with Gasteiger partial charge in [-0.05, 0) is 25.7 Å². The molecular formula is C16H28N2O3. The SMILES string of the molecule is C#CC(CC)(CC)NC(=O)CN1CCC(OCCO)CC1. The molecule has 0 radical (unpaired) electrons. The lowest BCUT2D eigenvalue weighted by Gasteiger charge is -2.33. The first-order valence-electron chi connectivity index (χ1n) is 7.82. The Morgan fingerprint density at radius 1 is 1.43 bits per heavy atom. The first kappa shape index (κ1) is 18.0. The van der Waals surface area contributed by atoms with E-state index < -0.39 is 5.54 Å². The summed E-state index contributed by atoms with van der Waals surface area (Å²) in [6.07, 6.45) is 9.03. The van der Waals surface area contributed by atoms with Crippen LogP contribution in [0.4, 0.5) is 0 Å². The summed E-state index contributed by atoms with van der Waals surface area (Å²) in [5, 5.41) is 11.7. The number of amides is 1. The predicted molar refractivity (Wildman–Crippen MR) is 82.8 cm³/mol. The molecule has 120 valence electrons. The van der Waals surface area contributed by atoms with E-state index >= 15 is 0 Å². The maximum absolute atomic E-state index is 12.1. The van der Waals surface area contributed by atoms with Crippen LogP contribution in [0.3, 0.4) is 0 Å². The molecule has 0 unspecified atom stereocenters. The number of terminal acetylenes is 1. The summed E-state index contributed by atoms with van der Waals surface area (Å²) in [6.45, 7) is 6.50. The molecule has 1 aliphatic heterocycles.